The Morgan fingerprint density at radius 2 is 1.70 bits per heavy atom. The minimum Gasteiger partial charge on any atom is -0.489 e. The van der Waals surface area contributed by atoms with Crippen molar-refractivity contribution < 1.29 is 14.7 Å². The number of rotatable bonds is 8. The van der Waals surface area contributed by atoms with Crippen LogP contribution < -0.4 is 15.5 Å². The highest BCUT2D eigenvalue weighted by molar-refractivity contribution is 9.10. The summed E-state index contributed by atoms with van der Waals surface area (Å²) in [6.07, 6.45) is 3.85. The quantitative estimate of drug-likeness (QED) is 0.145. The molecular weight excluding hydrogens is 530 g/mol. The van der Waals surface area contributed by atoms with E-state index >= 15 is 0 Å². The van der Waals surface area contributed by atoms with E-state index < -0.39 is 5.91 Å². The van der Waals surface area contributed by atoms with Gasteiger partial charge in [-0.1, -0.05) is 66.7 Å². The van der Waals surface area contributed by atoms with Crippen molar-refractivity contribution in [2.24, 2.45) is 0 Å². The largest absolute Gasteiger partial charge is 0.489 e. The number of benzene rings is 4. The molecule has 7 heteroatoms. The molecule has 0 radical (unpaired) electrons. The maximum Gasteiger partial charge on any atom is 0.274 e. The van der Waals surface area contributed by atoms with Crippen LogP contribution in [0.3, 0.4) is 0 Å². The molecule has 0 aliphatic rings. The predicted molar refractivity (Wildman–Crippen MR) is 151 cm³/mol. The molecule has 0 atom stereocenters. The van der Waals surface area contributed by atoms with E-state index in [0.717, 1.165) is 48.7 Å². The number of halogens is 1. The fourth-order valence-electron chi connectivity index (χ4n) is 4.10. The van der Waals surface area contributed by atoms with Crippen molar-refractivity contribution in [1.29, 1.82) is 0 Å². The Hall–Kier alpha value is -4.20. The second kappa shape index (κ2) is 11.2. The Bertz CT molecular complexity index is 1590. The number of anilines is 1. The van der Waals surface area contributed by atoms with E-state index in [1.807, 2.05) is 66.9 Å². The van der Waals surface area contributed by atoms with Crippen molar-refractivity contribution in [2.45, 2.75) is 0 Å². The third-order valence-electron chi connectivity index (χ3n) is 5.99. The first-order valence-corrected chi connectivity index (χ1v) is 12.5. The number of fused-ring (bicyclic) bond motifs is 2. The van der Waals surface area contributed by atoms with E-state index in [-0.39, 0.29) is 0 Å². The van der Waals surface area contributed by atoms with Crippen LogP contribution in [0.4, 0.5) is 5.69 Å². The van der Waals surface area contributed by atoms with E-state index in [1.54, 1.807) is 17.6 Å². The van der Waals surface area contributed by atoms with Crippen LogP contribution in [-0.2, 0) is 0 Å². The van der Waals surface area contributed by atoms with Crippen LogP contribution in [0, 0.1) is 0 Å². The van der Waals surface area contributed by atoms with E-state index in [9.17, 15) is 4.79 Å². The van der Waals surface area contributed by atoms with Gasteiger partial charge in [-0.05, 0) is 62.8 Å². The Labute approximate surface area is 222 Å². The molecule has 0 unspecified atom stereocenters. The molecule has 0 saturated heterocycles. The highest BCUT2D eigenvalue weighted by atomic mass is 79.9. The van der Waals surface area contributed by atoms with E-state index in [0.29, 0.717) is 18.7 Å². The van der Waals surface area contributed by atoms with Crippen LogP contribution in [-0.4, -0.2) is 29.3 Å². The lowest BCUT2D eigenvalue weighted by Gasteiger charge is -2.14. The van der Waals surface area contributed by atoms with Crippen molar-refractivity contribution in [2.75, 3.05) is 18.5 Å². The lowest BCUT2D eigenvalue weighted by atomic mass is 10.1. The molecular formula is C30H24BrN3O3. The molecule has 184 valence electrons. The number of hydrogen-bond donors (Lipinski definition) is 3. The summed E-state index contributed by atoms with van der Waals surface area (Å²) in [5.74, 6) is 0.267. The Morgan fingerprint density at radius 1 is 0.946 bits per heavy atom. The number of ether oxygens (including phenoxy) is 1. The number of hydrogen-bond acceptors (Lipinski definition) is 5. The SMILES string of the molecule is O=C(NO)c1ccc(C=C(CNc2cnc3c(Br)cccc3c2)COc2cccc3ccccc23)cc1. The van der Waals surface area contributed by atoms with Gasteiger partial charge in [-0.3, -0.25) is 15.0 Å². The summed E-state index contributed by atoms with van der Waals surface area (Å²) in [5, 5.41) is 15.6. The first-order valence-electron chi connectivity index (χ1n) is 11.7. The van der Waals surface area contributed by atoms with Crippen LogP contribution in [0.5, 0.6) is 5.75 Å². The summed E-state index contributed by atoms with van der Waals surface area (Å²) >= 11 is 3.55. The monoisotopic (exact) mass is 553 g/mol. The molecule has 0 aliphatic heterocycles. The van der Waals surface area contributed by atoms with Crippen molar-refractivity contribution in [3.05, 3.63) is 118 Å². The lowest BCUT2D eigenvalue weighted by Crippen LogP contribution is -2.18. The van der Waals surface area contributed by atoms with Gasteiger partial charge in [0.25, 0.3) is 5.91 Å². The maximum atomic E-state index is 11.7. The molecule has 37 heavy (non-hydrogen) atoms. The molecule has 1 aromatic heterocycles. The highest BCUT2D eigenvalue weighted by Crippen LogP contribution is 2.27. The molecule has 6 nitrogen and oxygen atoms in total. The van der Waals surface area contributed by atoms with E-state index in [1.165, 1.54) is 0 Å². The van der Waals surface area contributed by atoms with Gasteiger partial charge in [-0.15, -0.1) is 0 Å². The number of nitrogens with one attached hydrogen (secondary N) is 2. The molecule has 5 rings (SSSR count). The molecule has 4 aromatic carbocycles. The molecule has 1 heterocycles. The summed E-state index contributed by atoms with van der Waals surface area (Å²) in [6, 6.07) is 29.2. The average molecular weight is 554 g/mol. The van der Waals surface area contributed by atoms with Gasteiger partial charge in [-0.25, -0.2) is 5.48 Å². The first-order chi connectivity index (χ1) is 18.1. The maximum absolute atomic E-state index is 11.7. The molecule has 0 bridgehead atoms. The van der Waals surface area contributed by atoms with Gasteiger partial charge < -0.3 is 10.1 Å². The van der Waals surface area contributed by atoms with Gasteiger partial charge in [0.2, 0.25) is 0 Å². The van der Waals surface area contributed by atoms with Crippen LogP contribution in [0.1, 0.15) is 15.9 Å². The van der Waals surface area contributed by atoms with Crippen LogP contribution >= 0.6 is 15.9 Å². The van der Waals surface area contributed by atoms with Crippen molar-refractivity contribution in [3.63, 3.8) is 0 Å². The van der Waals surface area contributed by atoms with Gasteiger partial charge in [0.15, 0.2) is 0 Å². The second-order valence-electron chi connectivity index (χ2n) is 8.52. The van der Waals surface area contributed by atoms with Gasteiger partial charge in [-0.2, -0.15) is 0 Å². The second-order valence-corrected chi connectivity index (χ2v) is 9.37. The standard InChI is InChI=1S/C30H24BrN3O3/c31-27-9-3-7-24-16-25(18-33-29(24)27)32-17-21(15-20-11-13-23(14-12-20)30(35)34-36)19-37-28-10-4-6-22-5-1-2-8-26(22)28/h1-16,18,32,36H,17,19H2,(H,34,35). The number of pyridine rings is 1. The van der Waals surface area contributed by atoms with Gasteiger partial charge in [0.1, 0.15) is 12.4 Å². The number of aromatic nitrogens is 1. The molecule has 5 aromatic rings. The zero-order valence-corrected chi connectivity index (χ0v) is 21.4. The van der Waals surface area contributed by atoms with E-state index in [4.69, 9.17) is 9.94 Å². The fourth-order valence-corrected chi connectivity index (χ4v) is 4.59. The van der Waals surface area contributed by atoms with Gasteiger partial charge in [0, 0.05) is 27.4 Å². The van der Waals surface area contributed by atoms with Gasteiger partial charge in [0.05, 0.1) is 17.4 Å². The summed E-state index contributed by atoms with van der Waals surface area (Å²) in [4.78, 5) is 16.3. The van der Waals surface area contributed by atoms with Crippen LogP contribution in [0.25, 0.3) is 27.8 Å². The molecule has 0 aliphatic carbocycles. The predicted octanol–water partition coefficient (Wildman–Crippen LogP) is 6.84. The Balaban J connectivity index is 1.39. The molecule has 0 fully saturated rings. The number of hydroxylamine groups is 1. The summed E-state index contributed by atoms with van der Waals surface area (Å²) < 4.78 is 7.24. The summed E-state index contributed by atoms with van der Waals surface area (Å²) in [5.41, 5.74) is 5.75. The van der Waals surface area contributed by atoms with Crippen LogP contribution in [0.15, 0.2) is 107 Å². The van der Waals surface area contributed by atoms with Gasteiger partial charge >= 0.3 is 0 Å². The van der Waals surface area contributed by atoms with Crippen molar-refractivity contribution >= 4 is 55.3 Å². The number of carbonyl (C=O) groups excluding carboxylic acids is 1. The van der Waals surface area contributed by atoms with Crippen LogP contribution in [0.2, 0.25) is 0 Å². The molecule has 1 amide bonds. The topological polar surface area (TPSA) is 83.5 Å². The average Bonchev–Trinajstić information content (AvgIpc) is 2.94. The van der Waals surface area contributed by atoms with Crippen molar-refractivity contribution in [1.82, 2.24) is 10.5 Å². The summed E-state index contributed by atoms with van der Waals surface area (Å²) in [6.45, 7) is 0.900. The summed E-state index contributed by atoms with van der Waals surface area (Å²) in [7, 11) is 0. The molecule has 0 spiro atoms. The number of para-hydroxylation sites is 1. The third kappa shape index (κ3) is 5.80. The highest BCUT2D eigenvalue weighted by Gasteiger charge is 2.08. The third-order valence-corrected chi connectivity index (χ3v) is 6.63. The number of amides is 1. The number of nitrogens with zero attached hydrogens (tertiary/aromatic N) is 1. The molecule has 0 saturated carbocycles. The Morgan fingerprint density at radius 3 is 2.54 bits per heavy atom. The number of carbonyl (C=O) groups is 1. The first kappa shape index (κ1) is 24.5. The minimum atomic E-state index is -0.549. The zero-order chi connectivity index (χ0) is 25.6. The smallest absolute Gasteiger partial charge is 0.274 e. The normalized spacial score (nSPS) is 11.5. The zero-order valence-electron chi connectivity index (χ0n) is 19.8. The minimum absolute atomic E-state index is 0.368. The molecule has 3 N–H and O–H groups in total. The Kier molecular flexibility index (Phi) is 7.44. The lowest BCUT2D eigenvalue weighted by molar-refractivity contribution is 0.0706. The van der Waals surface area contributed by atoms with Crippen molar-refractivity contribution in [3.8, 4) is 5.75 Å². The van der Waals surface area contributed by atoms with E-state index in [2.05, 4.69) is 50.5 Å². The fraction of sp³-hybridized carbons (Fsp3) is 0.0667.